The molecule has 0 bridgehead atoms. The van der Waals surface area contributed by atoms with Gasteiger partial charge in [0.05, 0.1) is 30.5 Å². The summed E-state index contributed by atoms with van der Waals surface area (Å²) in [5.41, 5.74) is 6.75. The van der Waals surface area contributed by atoms with Gasteiger partial charge < -0.3 is 14.6 Å². The summed E-state index contributed by atoms with van der Waals surface area (Å²) in [4.78, 5) is 14.2. The van der Waals surface area contributed by atoms with Gasteiger partial charge in [0.15, 0.2) is 11.6 Å². The summed E-state index contributed by atoms with van der Waals surface area (Å²) in [5.74, 6) is 3.22. The van der Waals surface area contributed by atoms with Gasteiger partial charge in [-0.2, -0.15) is 4.98 Å². The van der Waals surface area contributed by atoms with E-state index in [9.17, 15) is 5.11 Å². The maximum Gasteiger partial charge on any atom is 0.227 e. The third-order valence-corrected chi connectivity index (χ3v) is 7.30. The fourth-order valence-electron chi connectivity index (χ4n) is 4.19. The molecule has 178 valence electrons. The first-order valence-electron chi connectivity index (χ1n) is 11.6. The Bertz CT molecular complexity index is 1370. The Morgan fingerprint density at radius 3 is 2.54 bits per heavy atom. The van der Waals surface area contributed by atoms with Crippen molar-refractivity contribution in [2.24, 2.45) is 0 Å². The van der Waals surface area contributed by atoms with Crippen molar-refractivity contribution in [3.05, 3.63) is 88.2 Å². The number of pyridine rings is 1. The molecule has 4 aromatic rings. The first kappa shape index (κ1) is 23.3. The third kappa shape index (κ3) is 4.61. The number of aliphatic hydroxyl groups excluding tert-OH is 1. The number of hydrogen-bond donors (Lipinski definition) is 1. The van der Waals surface area contributed by atoms with Crippen molar-refractivity contribution in [3.63, 3.8) is 0 Å². The van der Waals surface area contributed by atoms with Crippen LogP contribution in [0.15, 0.2) is 59.8 Å². The molecule has 6 nitrogen and oxygen atoms in total. The molecule has 7 heteroatoms. The van der Waals surface area contributed by atoms with Crippen molar-refractivity contribution < 1.29 is 14.6 Å². The molecule has 1 aliphatic rings. The van der Waals surface area contributed by atoms with Crippen LogP contribution in [0.5, 0.6) is 17.4 Å². The number of para-hydroxylation sites is 1. The van der Waals surface area contributed by atoms with E-state index < -0.39 is 0 Å². The molecule has 5 rings (SSSR count). The fraction of sp³-hybridized carbons (Fsp3) is 0.250. The smallest absolute Gasteiger partial charge is 0.227 e. The van der Waals surface area contributed by atoms with Crippen LogP contribution in [-0.2, 0) is 25.2 Å². The van der Waals surface area contributed by atoms with Gasteiger partial charge in [-0.15, -0.1) is 11.8 Å². The molecule has 0 radical (unpaired) electrons. The average Bonchev–Trinajstić information content (AvgIpc) is 2.91. The third-order valence-electron chi connectivity index (χ3n) is 6.21. The van der Waals surface area contributed by atoms with E-state index in [1.165, 1.54) is 11.1 Å². The molecule has 2 aromatic heterocycles. The van der Waals surface area contributed by atoms with Crippen molar-refractivity contribution in [2.75, 3.05) is 7.11 Å². The number of aromatic nitrogens is 3. The molecule has 0 aliphatic carbocycles. The largest absolute Gasteiger partial charge is 0.496 e. The van der Waals surface area contributed by atoms with Crippen molar-refractivity contribution in [1.82, 2.24) is 15.0 Å². The molecule has 1 N–H and O–H groups in total. The van der Waals surface area contributed by atoms with Crippen LogP contribution in [0.3, 0.4) is 0 Å². The van der Waals surface area contributed by atoms with Crippen molar-refractivity contribution in [3.8, 4) is 28.8 Å². The minimum Gasteiger partial charge on any atom is -0.496 e. The summed E-state index contributed by atoms with van der Waals surface area (Å²) >= 11 is 1.67. The van der Waals surface area contributed by atoms with Crippen LogP contribution in [0.4, 0.5) is 0 Å². The fourth-order valence-corrected chi connectivity index (χ4v) is 5.17. The minimum atomic E-state index is -0.0965. The molecular weight excluding hydrogens is 458 g/mol. The predicted molar refractivity (Wildman–Crippen MR) is 137 cm³/mol. The standard InChI is InChI=1S/C28H27N3O3S/c1-4-18-9-11-19(12-10-18)16-35-28-23-13-22-20(15-32)14-29-17(2)25(22)34-27(23)30-26(31-28)21-7-5-6-8-24(21)33-3/h5-12,14,32H,4,13,15-16H2,1-3H3. The van der Waals surface area contributed by atoms with E-state index in [0.717, 1.165) is 45.1 Å². The quantitative estimate of drug-likeness (QED) is 0.227. The second-order valence-electron chi connectivity index (χ2n) is 8.41. The monoisotopic (exact) mass is 485 g/mol. The van der Waals surface area contributed by atoms with E-state index >= 15 is 0 Å². The van der Waals surface area contributed by atoms with Gasteiger partial charge in [0.1, 0.15) is 10.8 Å². The van der Waals surface area contributed by atoms with E-state index in [2.05, 4.69) is 36.2 Å². The van der Waals surface area contributed by atoms with E-state index in [1.807, 2.05) is 31.2 Å². The number of aryl methyl sites for hydroxylation is 2. The number of aliphatic hydroxyl groups is 1. The van der Waals surface area contributed by atoms with Gasteiger partial charge in [-0.25, -0.2) is 4.98 Å². The van der Waals surface area contributed by atoms with Crippen LogP contribution in [0.25, 0.3) is 11.4 Å². The van der Waals surface area contributed by atoms with Gasteiger partial charge >= 0.3 is 0 Å². The number of nitrogens with zero attached hydrogens (tertiary/aromatic N) is 3. The Balaban J connectivity index is 1.58. The Labute approximate surface area is 209 Å². The molecule has 0 saturated heterocycles. The lowest BCUT2D eigenvalue weighted by atomic mass is 9.99. The number of fused-ring (bicyclic) bond motifs is 2. The SMILES string of the molecule is CCc1ccc(CSc2nc(-c3ccccc3OC)nc3c2Cc2c(CO)cnc(C)c2O3)cc1. The maximum absolute atomic E-state index is 9.90. The van der Waals surface area contributed by atoms with E-state index in [1.54, 1.807) is 25.1 Å². The molecule has 0 unspecified atom stereocenters. The summed E-state index contributed by atoms with van der Waals surface area (Å²) in [5, 5.41) is 10.8. The zero-order valence-electron chi connectivity index (χ0n) is 20.0. The maximum atomic E-state index is 9.90. The molecule has 2 aromatic carbocycles. The van der Waals surface area contributed by atoms with Crippen LogP contribution < -0.4 is 9.47 Å². The van der Waals surface area contributed by atoms with Crippen molar-refractivity contribution in [1.29, 1.82) is 0 Å². The first-order valence-corrected chi connectivity index (χ1v) is 12.6. The number of methoxy groups -OCH3 is 1. The Morgan fingerprint density at radius 1 is 1.03 bits per heavy atom. The Hall–Kier alpha value is -3.42. The van der Waals surface area contributed by atoms with E-state index in [-0.39, 0.29) is 6.61 Å². The minimum absolute atomic E-state index is 0.0965. The molecular formula is C28H27N3O3S. The topological polar surface area (TPSA) is 77.4 Å². The highest BCUT2D eigenvalue weighted by molar-refractivity contribution is 7.98. The lowest BCUT2D eigenvalue weighted by Crippen LogP contribution is -2.13. The second kappa shape index (κ2) is 10.1. The van der Waals surface area contributed by atoms with Gasteiger partial charge in [0.25, 0.3) is 0 Å². The Morgan fingerprint density at radius 2 is 1.80 bits per heavy atom. The van der Waals surface area contributed by atoms with Crippen LogP contribution in [0, 0.1) is 6.92 Å². The van der Waals surface area contributed by atoms with Gasteiger partial charge in [0, 0.05) is 29.5 Å². The number of thioether (sulfide) groups is 1. The number of rotatable bonds is 7. The predicted octanol–water partition coefficient (Wildman–Crippen LogP) is 5.90. The van der Waals surface area contributed by atoms with Gasteiger partial charge in [-0.3, -0.25) is 4.98 Å². The van der Waals surface area contributed by atoms with Crippen LogP contribution in [0.2, 0.25) is 0 Å². The van der Waals surface area contributed by atoms with Crippen molar-refractivity contribution in [2.45, 2.75) is 44.1 Å². The van der Waals surface area contributed by atoms with Gasteiger partial charge in [-0.05, 0) is 36.6 Å². The molecule has 35 heavy (non-hydrogen) atoms. The van der Waals surface area contributed by atoms with Gasteiger partial charge in [0.2, 0.25) is 5.88 Å². The molecule has 1 aliphatic heterocycles. The van der Waals surface area contributed by atoms with E-state index in [4.69, 9.17) is 19.4 Å². The second-order valence-corrected chi connectivity index (χ2v) is 9.37. The average molecular weight is 486 g/mol. The summed E-state index contributed by atoms with van der Waals surface area (Å²) in [7, 11) is 1.64. The molecule has 0 fully saturated rings. The summed E-state index contributed by atoms with van der Waals surface area (Å²) in [6.07, 6.45) is 3.31. The Kier molecular flexibility index (Phi) is 6.70. The molecule has 0 amide bonds. The number of benzene rings is 2. The highest BCUT2D eigenvalue weighted by Crippen LogP contribution is 2.43. The zero-order valence-corrected chi connectivity index (χ0v) is 20.9. The highest BCUT2D eigenvalue weighted by atomic mass is 32.2. The van der Waals surface area contributed by atoms with Crippen molar-refractivity contribution >= 4 is 11.8 Å². The summed E-state index contributed by atoms with van der Waals surface area (Å²) in [6, 6.07) is 16.4. The number of ether oxygens (including phenoxy) is 2. The lowest BCUT2D eigenvalue weighted by Gasteiger charge is -2.24. The molecule has 0 atom stereocenters. The van der Waals surface area contributed by atoms with Gasteiger partial charge in [-0.1, -0.05) is 43.3 Å². The molecule has 3 heterocycles. The summed E-state index contributed by atoms with van der Waals surface area (Å²) < 4.78 is 11.9. The molecule has 0 spiro atoms. The lowest BCUT2D eigenvalue weighted by molar-refractivity contribution is 0.278. The highest BCUT2D eigenvalue weighted by Gasteiger charge is 2.28. The normalized spacial score (nSPS) is 12.0. The van der Waals surface area contributed by atoms with Crippen LogP contribution >= 0.6 is 11.8 Å². The van der Waals surface area contributed by atoms with Crippen LogP contribution in [-0.4, -0.2) is 27.2 Å². The zero-order chi connectivity index (χ0) is 24.4. The first-order chi connectivity index (χ1) is 17.1. The van der Waals surface area contributed by atoms with Crippen LogP contribution in [0.1, 0.15) is 40.4 Å². The van der Waals surface area contributed by atoms with E-state index in [0.29, 0.717) is 29.6 Å². The summed E-state index contributed by atoms with van der Waals surface area (Å²) in [6.45, 7) is 3.97. The molecule has 0 saturated carbocycles. The number of hydrogen-bond acceptors (Lipinski definition) is 7.